The lowest BCUT2D eigenvalue weighted by Crippen LogP contribution is -1.77. The van der Waals surface area contributed by atoms with E-state index in [0.29, 0.717) is 5.75 Å². The second-order valence-electron chi connectivity index (χ2n) is 7.15. The van der Waals surface area contributed by atoms with Crippen LogP contribution in [0, 0.1) is 0 Å². The van der Waals surface area contributed by atoms with Crippen LogP contribution in [0.4, 0.5) is 0 Å². The van der Waals surface area contributed by atoms with Crippen LogP contribution in [-0.2, 0) is 6.42 Å². The summed E-state index contributed by atoms with van der Waals surface area (Å²) in [4.78, 5) is 0. The van der Waals surface area contributed by atoms with E-state index in [2.05, 4.69) is 54.6 Å². The van der Waals surface area contributed by atoms with Crippen LogP contribution in [0.1, 0.15) is 11.1 Å². The van der Waals surface area contributed by atoms with E-state index < -0.39 is 0 Å². The first-order valence-electron chi connectivity index (χ1n) is 9.57. The van der Waals surface area contributed by atoms with Crippen LogP contribution < -0.4 is 0 Å². The summed E-state index contributed by atoms with van der Waals surface area (Å²) in [6.07, 6.45) is 1.10. The third kappa shape index (κ3) is 2.82. The topological polar surface area (TPSA) is 20.2 Å². The van der Waals surface area contributed by atoms with Crippen LogP contribution in [0.3, 0.4) is 0 Å². The second kappa shape index (κ2) is 6.86. The summed E-state index contributed by atoms with van der Waals surface area (Å²) in [5.74, 6) is 0.351. The first-order chi connectivity index (χ1) is 13.8. The predicted molar refractivity (Wildman–Crippen MR) is 118 cm³/mol. The molecule has 1 aliphatic carbocycles. The molecule has 1 aliphatic rings. The van der Waals surface area contributed by atoms with Crippen molar-refractivity contribution >= 4 is 21.5 Å². The Morgan fingerprint density at radius 1 is 0.500 bits per heavy atom. The summed E-state index contributed by atoms with van der Waals surface area (Å²) >= 11 is 0. The van der Waals surface area contributed by atoms with Crippen LogP contribution in [0.15, 0.2) is 103 Å². The van der Waals surface area contributed by atoms with E-state index in [1.54, 1.807) is 0 Å². The number of hydrogen-bond donors (Lipinski definition) is 1. The van der Waals surface area contributed by atoms with Gasteiger partial charge in [0.05, 0.1) is 0 Å². The largest absolute Gasteiger partial charge is 0.507 e. The van der Waals surface area contributed by atoms with Crippen molar-refractivity contribution in [3.8, 4) is 16.9 Å². The molecule has 0 radical (unpaired) electrons. The zero-order valence-corrected chi connectivity index (χ0v) is 15.5. The summed E-state index contributed by atoms with van der Waals surface area (Å²) in [5, 5.41) is 14.2. The van der Waals surface area contributed by atoms with Gasteiger partial charge in [-0.15, -0.1) is 0 Å². The number of phenols is 1. The van der Waals surface area contributed by atoms with Crippen molar-refractivity contribution in [3.63, 3.8) is 0 Å². The molecule has 0 saturated heterocycles. The fourth-order valence-electron chi connectivity index (χ4n) is 4.11. The van der Waals surface area contributed by atoms with E-state index in [9.17, 15) is 5.11 Å². The molecule has 5 aromatic rings. The third-order valence-corrected chi connectivity index (χ3v) is 5.45. The molecule has 0 unspecified atom stereocenters. The molecule has 134 valence electrons. The molecule has 0 fully saturated rings. The van der Waals surface area contributed by atoms with Gasteiger partial charge in [0, 0.05) is 5.39 Å². The molecule has 0 amide bonds. The standard InChI is InChI=1S/C14H10O.C13H10/c15-14-9-10-5-1-2-6-11(10)12-7-3-4-8-13(12)14;1-3-7-12-10(5-1)9-11-6-2-4-8-13(11)12/h1-9,15H;1-8H,9H2. The van der Waals surface area contributed by atoms with Crippen molar-refractivity contribution in [2.75, 3.05) is 0 Å². The van der Waals surface area contributed by atoms with E-state index in [-0.39, 0.29) is 0 Å². The molecule has 0 bridgehead atoms. The summed E-state index contributed by atoms with van der Waals surface area (Å²) in [6.45, 7) is 0. The van der Waals surface area contributed by atoms with Gasteiger partial charge in [0.2, 0.25) is 0 Å². The molecule has 1 nitrogen and oxygen atoms in total. The number of hydrogen-bond acceptors (Lipinski definition) is 1. The van der Waals surface area contributed by atoms with Crippen LogP contribution >= 0.6 is 0 Å². The minimum Gasteiger partial charge on any atom is -0.507 e. The molecule has 1 N–H and O–H groups in total. The second-order valence-corrected chi connectivity index (χ2v) is 7.15. The lowest BCUT2D eigenvalue weighted by molar-refractivity contribution is 0.482. The van der Waals surface area contributed by atoms with Crippen molar-refractivity contribution < 1.29 is 5.11 Å². The minimum atomic E-state index is 0.351. The zero-order chi connectivity index (χ0) is 18.9. The van der Waals surface area contributed by atoms with Crippen molar-refractivity contribution in [1.82, 2.24) is 0 Å². The third-order valence-electron chi connectivity index (χ3n) is 5.45. The van der Waals surface area contributed by atoms with Gasteiger partial charge in [-0.3, -0.25) is 0 Å². The molecule has 0 aromatic heterocycles. The van der Waals surface area contributed by atoms with E-state index >= 15 is 0 Å². The minimum absolute atomic E-state index is 0.351. The van der Waals surface area contributed by atoms with Gasteiger partial charge in [-0.1, -0.05) is 97.1 Å². The number of phenolic OH excluding ortho intramolecular Hbond substituents is 1. The van der Waals surface area contributed by atoms with Gasteiger partial charge in [0.25, 0.3) is 0 Å². The fraction of sp³-hybridized carbons (Fsp3) is 0.0370. The lowest BCUT2D eigenvalue weighted by Gasteiger charge is -2.05. The van der Waals surface area contributed by atoms with Crippen molar-refractivity contribution in [2.45, 2.75) is 6.42 Å². The molecule has 0 aliphatic heterocycles. The summed E-state index contributed by atoms with van der Waals surface area (Å²) in [7, 11) is 0. The summed E-state index contributed by atoms with van der Waals surface area (Å²) in [5.41, 5.74) is 5.75. The summed E-state index contributed by atoms with van der Waals surface area (Å²) in [6, 6.07) is 35.1. The van der Waals surface area contributed by atoms with Gasteiger partial charge in [-0.25, -0.2) is 0 Å². The molecule has 0 saturated carbocycles. The molecule has 0 spiro atoms. The Morgan fingerprint density at radius 3 is 1.68 bits per heavy atom. The van der Waals surface area contributed by atoms with Crippen molar-refractivity contribution in [2.24, 2.45) is 0 Å². The van der Waals surface area contributed by atoms with E-state index in [1.165, 1.54) is 27.6 Å². The zero-order valence-electron chi connectivity index (χ0n) is 15.5. The lowest BCUT2D eigenvalue weighted by atomic mass is 10.0. The summed E-state index contributed by atoms with van der Waals surface area (Å²) < 4.78 is 0. The Hall–Kier alpha value is -3.58. The fourth-order valence-corrected chi connectivity index (χ4v) is 4.11. The van der Waals surface area contributed by atoms with Crippen LogP contribution in [0.25, 0.3) is 32.7 Å². The monoisotopic (exact) mass is 360 g/mol. The highest BCUT2D eigenvalue weighted by Gasteiger charge is 2.15. The molecule has 6 rings (SSSR count). The van der Waals surface area contributed by atoms with Crippen molar-refractivity contribution in [1.29, 1.82) is 0 Å². The van der Waals surface area contributed by atoms with Crippen LogP contribution in [0.2, 0.25) is 0 Å². The number of aromatic hydroxyl groups is 1. The molecule has 5 aromatic carbocycles. The normalized spacial score (nSPS) is 11.6. The van der Waals surface area contributed by atoms with Gasteiger partial charge >= 0.3 is 0 Å². The highest BCUT2D eigenvalue weighted by atomic mass is 16.3. The smallest absolute Gasteiger partial charge is 0.124 e. The van der Waals surface area contributed by atoms with Crippen LogP contribution in [-0.4, -0.2) is 5.11 Å². The Morgan fingerprint density at radius 2 is 1.00 bits per heavy atom. The van der Waals surface area contributed by atoms with Gasteiger partial charge in [0.15, 0.2) is 0 Å². The van der Waals surface area contributed by atoms with Gasteiger partial charge in [-0.2, -0.15) is 0 Å². The van der Waals surface area contributed by atoms with E-state index in [0.717, 1.165) is 22.6 Å². The quantitative estimate of drug-likeness (QED) is 0.290. The molecular formula is C27H20O. The Kier molecular flexibility index (Phi) is 4.06. The molecule has 0 heterocycles. The maximum atomic E-state index is 9.87. The Bertz CT molecular complexity index is 1260. The average Bonchev–Trinajstić information content (AvgIpc) is 3.13. The molecule has 28 heavy (non-hydrogen) atoms. The van der Waals surface area contributed by atoms with E-state index in [1.807, 2.05) is 48.5 Å². The number of fused-ring (bicyclic) bond motifs is 6. The van der Waals surface area contributed by atoms with Gasteiger partial charge in [0.1, 0.15) is 5.75 Å². The number of benzene rings is 5. The SMILES string of the molecule is Oc1cc2ccccc2c2ccccc12.c1ccc2c(c1)Cc1ccccc1-2. The maximum absolute atomic E-state index is 9.87. The first-order valence-corrected chi connectivity index (χ1v) is 9.57. The molecule has 0 atom stereocenters. The molecule has 1 heteroatoms. The maximum Gasteiger partial charge on any atom is 0.124 e. The van der Waals surface area contributed by atoms with Gasteiger partial charge < -0.3 is 5.11 Å². The predicted octanol–water partition coefficient (Wildman–Crippen LogP) is 6.96. The molecular weight excluding hydrogens is 340 g/mol. The number of rotatable bonds is 0. The van der Waals surface area contributed by atoms with E-state index in [4.69, 9.17) is 0 Å². The Labute approximate surface area is 164 Å². The Balaban J connectivity index is 0.000000123. The van der Waals surface area contributed by atoms with Crippen molar-refractivity contribution in [3.05, 3.63) is 114 Å². The first kappa shape index (κ1) is 16.6. The van der Waals surface area contributed by atoms with Crippen LogP contribution in [0.5, 0.6) is 5.75 Å². The average molecular weight is 360 g/mol. The highest BCUT2D eigenvalue weighted by Crippen LogP contribution is 2.35. The highest BCUT2D eigenvalue weighted by molar-refractivity contribution is 6.10. The van der Waals surface area contributed by atoms with Gasteiger partial charge in [-0.05, 0) is 50.9 Å².